The smallest absolute Gasteiger partial charge is 0.127 e. The summed E-state index contributed by atoms with van der Waals surface area (Å²) in [5, 5.41) is 1.36. The quantitative estimate of drug-likeness (QED) is 0.157. The number of rotatable bonds is 12. The van der Waals surface area contributed by atoms with Crippen LogP contribution in [-0.2, 0) is 17.2 Å². The van der Waals surface area contributed by atoms with Crippen molar-refractivity contribution in [2.45, 2.75) is 111 Å². The van der Waals surface area contributed by atoms with Gasteiger partial charge in [0.15, 0.2) is 0 Å². The fourth-order valence-electron chi connectivity index (χ4n) is 6.67. The SMILES string of the molecule is CCCC1C(C)C1(C)c1cc(C)cc(C(CC)(CC)Pc2ccccc2C=NC(C)(C)C)c1OCc1ccccc1. The van der Waals surface area contributed by atoms with Gasteiger partial charge in [-0.2, -0.15) is 0 Å². The summed E-state index contributed by atoms with van der Waals surface area (Å²) < 4.78 is 7.00. The van der Waals surface area contributed by atoms with Crippen LogP contribution < -0.4 is 10.0 Å². The Bertz CT molecular complexity index is 1330. The molecule has 0 heterocycles. The second-order valence-corrected chi connectivity index (χ2v) is 15.1. The van der Waals surface area contributed by atoms with Gasteiger partial charge in [-0.25, -0.2) is 0 Å². The summed E-state index contributed by atoms with van der Waals surface area (Å²) in [7, 11) is 0.616. The summed E-state index contributed by atoms with van der Waals surface area (Å²) in [5.74, 6) is 2.51. The number of hydrogen-bond acceptors (Lipinski definition) is 2. The number of aliphatic imine (C=N–C) groups is 1. The first kappa shape index (κ1) is 31.5. The molecule has 0 aromatic heterocycles. The third-order valence-electron chi connectivity index (χ3n) is 9.50. The summed E-state index contributed by atoms with van der Waals surface area (Å²) >= 11 is 0. The number of ether oxygens (including phenoxy) is 1. The van der Waals surface area contributed by atoms with Crippen LogP contribution >= 0.6 is 8.58 Å². The number of hydrogen-bond donors (Lipinski definition) is 0. The van der Waals surface area contributed by atoms with Crippen molar-refractivity contribution in [1.29, 1.82) is 0 Å². The van der Waals surface area contributed by atoms with E-state index in [0.717, 1.165) is 18.6 Å². The van der Waals surface area contributed by atoms with Crippen LogP contribution in [0.5, 0.6) is 5.75 Å². The van der Waals surface area contributed by atoms with Gasteiger partial charge in [0.1, 0.15) is 12.4 Å². The fourth-order valence-corrected chi connectivity index (χ4v) is 8.33. The summed E-state index contributed by atoms with van der Waals surface area (Å²) in [6.07, 6.45) is 6.71. The molecule has 41 heavy (non-hydrogen) atoms. The maximum Gasteiger partial charge on any atom is 0.127 e. The summed E-state index contributed by atoms with van der Waals surface area (Å²) in [6, 6.07) is 24.4. The summed E-state index contributed by atoms with van der Waals surface area (Å²) in [6.45, 7) is 21.3. The molecule has 3 heteroatoms. The normalized spacial score (nSPS) is 21.2. The second kappa shape index (κ2) is 12.8. The first-order chi connectivity index (χ1) is 19.5. The molecule has 0 amide bonds. The molecule has 3 aromatic carbocycles. The van der Waals surface area contributed by atoms with Crippen molar-refractivity contribution in [3.05, 3.63) is 94.5 Å². The van der Waals surface area contributed by atoms with Gasteiger partial charge in [0.05, 0.1) is 5.54 Å². The Balaban J connectivity index is 1.86. The first-order valence-corrected chi connectivity index (χ1v) is 16.7. The van der Waals surface area contributed by atoms with Crippen LogP contribution in [0.25, 0.3) is 0 Å². The standard InChI is InChI=1S/C38H52NOP/c1-10-18-31-28(5)37(31,9)32-23-27(4)24-33(35(32)40-26-29-19-14-13-15-20-29)38(11-2,12-3)41-34-22-17-16-21-30(34)25-39-36(6,7)8/h13-17,19-25,28,31,41H,10-12,18,26H2,1-9H3. The van der Waals surface area contributed by atoms with Crippen LogP contribution in [0.2, 0.25) is 0 Å². The minimum Gasteiger partial charge on any atom is -0.488 e. The van der Waals surface area contributed by atoms with Gasteiger partial charge >= 0.3 is 0 Å². The van der Waals surface area contributed by atoms with E-state index in [-0.39, 0.29) is 16.1 Å². The zero-order chi connectivity index (χ0) is 29.8. The van der Waals surface area contributed by atoms with Gasteiger partial charge in [-0.1, -0.05) is 122 Å². The van der Waals surface area contributed by atoms with Crippen LogP contribution in [0.4, 0.5) is 0 Å². The Labute approximate surface area is 252 Å². The molecule has 220 valence electrons. The van der Waals surface area contributed by atoms with E-state index in [1.54, 1.807) is 0 Å². The molecular weight excluding hydrogens is 517 g/mol. The number of benzene rings is 3. The summed E-state index contributed by atoms with van der Waals surface area (Å²) in [4.78, 5) is 4.88. The van der Waals surface area contributed by atoms with Crippen molar-refractivity contribution in [3.8, 4) is 5.75 Å². The lowest BCUT2D eigenvalue weighted by Gasteiger charge is -2.36. The zero-order valence-electron chi connectivity index (χ0n) is 27.0. The lowest BCUT2D eigenvalue weighted by Crippen LogP contribution is -2.25. The lowest BCUT2D eigenvalue weighted by atomic mass is 9.83. The lowest BCUT2D eigenvalue weighted by molar-refractivity contribution is 0.291. The highest BCUT2D eigenvalue weighted by Gasteiger charge is 2.59. The Hall–Kier alpha value is -2.44. The molecule has 2 nitrogen and oxygen atoms in total. The molecule has 0 N–H and O–H groups in total. The van der Waals surface area contributed by atoms with Gasteiger partial charge in [0.2, 0.25) is 0 Å². The van der Waals surface area contributed by atoms with E-state index in [2.05, 4.69) is 135 Å². The third kappa shape index (κ3) is 6.80. The number of aryl methyl sites for hydroxylation is 1. The van der Waals surface area contributed by atoms with Crippen LogP contribution in [0.3, 0.4) is 0 Å². The molecule has 1 aliphatic carbocycles. The monoisotopic (exact) mass is 569 g/mol. The Morgan fingerprint density at radius 2 is 1.61 bits per heavy atom. The molecule has 0 bridgehead atoms. The maximum absolute atomic E-state index is 7.00. The second-order valence-electron chi connectivity index (χ2n) is 13.4. The van der Waals surface area contributed by atoms with Gasteiger partial charge < -0.3 is 4.74 Å². The molecule has 0 spiro atoms. The fraction of sp³-hybridized carbons (Fsp3) is 0.500. The van der Waals surface area contributed by atoms with Crippen molar-refractivity contribution in [3.63, 3.8) is 0 Å². The Morgan fingerprint density at radius 3 is 2.24 bits per heavy atom. The van der Waals surface area contributed by atoms with Gasteiger partial charge in [-0.05, 0) is 75.2 Å². The van der Waals surface area contributed by atoms with Crippen molar-refractivity contribution < 1.29 is 4.74 Å². The van der Waals surface area contributed by atoms with E-state index in [4.69, 9.17) is 9.73 Å². The van der Waals surface area contributed by atoms with Gasteiger partial charge in [0.25, 0.3) is 0 Å². The molecule has 1 saturated carbocycles. The van der Waals surface area contributed by atoms with Crippen LogP contribution in [0.1, 0.15) is 109 Å². The minimum absolute atomic E-state index is 0.0206. The van der Waals surface area contributed by atoms with E-state index >= 15 is 0 Å². The molecular formula is C38H52NOP. The maximum atomic E-state index is 7.00. The minimum atomic E-state index is -0.0991. The molecule has 0 aliphatic heterocycles. The zero-order valence-corrected chi connectivity index (χ0v) is 28.0. The highest BCUT2D eigenvalue weighted by molar-refractivity contribution is 7.48. The summed E-state index contributed by atoms with van der Waals surface area (Å²) in [5.41, 5.74) is 6.66. The average Bonchev–Trinajstić information content (AvgIpc) is 3.49. The molecule has 0 radical (unpaired) electrons. The largest absolute Gasteiger partial charge is 0.488 e. The van der Waals surface area contributed by atoms with Crippen molar-refractivity contribution in [2.24, 2.45) is 16.8 Å². The van der Waals surface area contributed by atoms with Gasteiger partial charge in [-0.3, -0.25) is 4.99 Å². The molecule has 3 aromatic rings. The van der Waals surface area contributed by atoms with Crippen molar-refractivity contribution >= 4 is 20.1 Å². The molecule has 1 fully saturated rings. The first-order valence-electron chi connectivity index (χ1n) is 15.7. The van der Waals surface area contributed by atoms with E-state index in [9.17, 15) is 0 Å². The average molecular weight is 570 g/mol. The molecule has 0 saturated heterocycles. The van der Waals surface area contributed by atoms with Gasteiger partial charge in [0, 0.05) is 27.9 Å². The number of nitrogens with zero attached hydrogens (tertiary/aromatic N) is 1. The Morgan fingerprint density at radius 1 is 0.951 bits per heavy atom. The van der Waals surface area contributed by atoms with E-state index in [1.165, 1.54) is 46.0 Å². The van der Waals surface area contributed by atoms with E-state index in [1.807, 2.05) is 0 Å². The van der Waals surface area contributed by atoms with Crippen molar-refractivity contribution in [2.75, 3.05) is 0 Å². The van der Waals surface area contributed by atoms with Crippen LogP contribution in [-0.4, -0.2) is 11.8 Å². The van der Waals surface area contributed by atoms with Gasteiger partial charge in [-0.15, -0.1) is 0 Å². The van der Waals surface area contributed by atoms with Crippen molar-refractivity contribution in [1.82, 2.24) is 0 Å². The third-order valence-corrected chi connectivity index (χ3v) is 11.7. The molecule has 4 atom stereocenters. The highest BCUT2D eigenvalue weighted by Crippen LogP contribution is 2.65. The highest BCUT2D eigenvalue weighted by atomic mass is 31.1. The predicted octanol–water partition coefficient (Wildman–Crippen LogP) is 10.1. The van der Waals surface area contributed by atoms with Crippen LogP contribution in [0.15, 0.2) is 71.7 Å². The van der Waals surface area contributed by atoms with Crippen LogP contribution in [0, 0.1) is 18.8 Å². The molecule has 4 rings (SSSR count). The van der Waals surface area contributed by atoms with E-state index in [0.29, 0.717) is 27.0 Å². The topological polar surface area (TPSA) is 21.6 Å². The molecule has 4 unspecified atom stereocenters. The molecule has 1 aliphatic rings. The Kier molecular flexibility index (Phi) is 9.85. The van der Waals surface area contributed by atoms with E-state index < -0.39 is 0 Å². The predicted molar refractivity (Wildman–Crippen MR) is 181 cm³/mol.